The van der Waals surface area contributed by atoms with Crippen LogP contribution in [0.5, 0.6) is 0 Å². The third-order valence-electron chi connectivity index (χ3n) is 2.85. The van der Waals surface area contributed by atoms with Crippen LogP contribution in [-0.2, 0) is 6.18 Å². The maximum atomic E-state index is 13.0. The highest BCUT2D eigenvalue weighted by Crippen LogP contribution is 2.37. The highest BCUT2D eigenvalue weighted by molar-refractivity contribution is 5.67. The van der Waals surface area contributed by atoms with Gasteiger partial charge >= 0.3 is 6.18 Å². The fraction of sp³-hybridized carbons (Fsp3) is 0.200. The predicted molar refractivity (Wildman–Crippen MR) is 75.1 cm³/mol. The second kappa shape index (κ2) is 5.07. The highest BCUT2D eigenvalue weighted by Gasteiger charge is 2.33. The van der Waals surface area contributed by atoms with Gasteiger partial charge in [0.2, 0.25) is 0 Å². The van der Waals surface area contributed by atoms with E-state index in [2.05, 4.69) is 5.32 Å². The third-order valence-corrected chi connectivity index (χ3v) is 2.85. The summed E-state index contributed by atoms with van der Waals surface area (Å²) in [6.45, 7) is 3.79. The van der Waals surface area contributed by atoms with E-state index in [1.54, 1.807) is 12.1 Å². The number of alkyl halides is 3. The minimum Gasteiger partial charge on any atom is -0.399 e. The van der Waals surface area contributed by atoms with E-state index < -0.39 is 11.7 Å². The first-order valence-electron chi connectivity index (χ1n) is 6.08. The fourth-order valence-electron chi connectivity index (χ4n) is 2.11. The molecule has 0 bridgehead atoms. The standard InChI is InChI=1S/C15H15F3N2/c1-9-5-10(2)7-12(6-9)20-14-4-3-11(19)8-13(14)15(16,17)18/h3-8,20H,19H2,1-2H3. The minimum atomic E-state index is -4.45. The summed E-state index contributed by atoms with van der Waals surface area (Å²) in [7, 11) is 0. The number of hydrogen-bond donors (Lipinski definition) is 2. The van der Waals surface area contributed by atoms with Crippen molar-refractivity contribution in [2.45, 2.75) is 20.0 Å². The molecule has 20 heavy (non-hydrogen) atoms. The molecule has 2 aromatic rings. The van der Waals surface area contributed by atoms with E-state index in [0.29, 0.717) is 5.69 Å². The zero-order valence-corrected chi connectivity index (χ0v) is 11.2. The topological polar surface area (TPSA) is 38.0 Å². The van der Waals surface area contributed by atoms with Gasteiger partial charge in [0.05, 0.1) is 11.3 Å². The molecular weight excluding hydrogens is 265 g/mol. The lowest BCUT2D eigenvalue weighted by Gasteiger charge is -2.16. The number of rotatable bonds is 2. The molecule has 0 unspecified atom stereocenters. The Labute approximate surface area is 115 Å². The largest absolute Gasteiger partial charge is 0.418 e. The quantitative estimate of drug-likeness (QED) is 0.786. The molecule has 0 amide bonds. The molecule has 0 aliphatic rings. The lowest BCUT2D eigenvalue weighted by atomic mass is 10.1. The van der Waals surface area contributed by atoms with Gasteiger partial charge in [-0.1, -0.05) is 6.07 Å². The fourth-order valence-corrected chi connectivity index (χ4v) is 2.11. The van der Waals surface area contributed by atoms with Crippen LogP contribution in [0.25, 0.3) is 0 Å². The number of nitrogens with two attached hydrogens (primary N) is 1. The summed E-state index contributed by atoms with van der Waals surface area (Å²) in [6.07, 6.45) is -4.45. The zero-order valence-electron chi connectivity index (χ0n) is 11.2. The first-order chi connectivity index (χ1) is 9.25. The number of nitrogens with one attached hydrogen (secondary N) is 1. The van der Waals surface area contributed by atoms with Crippen molar-refractivity contribution in [1.82, 2.24) is 0 Å². The van der Waals surface area contributed by atoms with Gasteiger partial charge in [0.25, 0.3) is 0 Å². The molecule has 2 nitrogen and oxygen atoms in total. The lowest BCUT2D eigenvalue weighted by Crippen LogP contribution is -2.09. The van der Waals surface area contributed by atoms with Crippen molar-refractivity contribution in [2.75, 3.05) is 11.1 Å². The van der Waals surface area contributed by atoms with Gasteiger partial charge in [-0.25, -0.2) is 0 Å². The first kappa shape index (κ1) is 14.2. The number of benzene rings is 2. The maximum absolute atomic E-state index is 13.0. The van der Waals surface area contributed by atoms with Crippen molar-refractivity contribution in [1.29, 1.82) is 0 Å². The summed E-state index contributed by atoms with van der Waals surface area (Å²) >= 11 is 0. The highest BCUT2D eigenvalue weighted by atomic mass is 19.4. The molecule has 3 N–H and O–H groups in total. The van der Waals surface area contributed by atoms with E-state index in [1.807, 2.05) is 19.9 Å². The molecule has 2 aromatic carbocycles. The van der Waals surface area contributed by atoms with Crippen molar-refractivity contribution in [2.24, 2.45) is 0 Å². The van der Waals surface area contributed by atoms with Crippen LogP contribution in [-0.4, -0.2) is 0 Å². The van der Waals surface area contributed by atoms with E-state index in [-0.39, 0.29) is 11.4 Å². The van der Waals surface area contributed by atoms with Crippen LogP contribution in [0.2, 0.25) is 0 Å². The van der Waals surface area contributed by atoms with Crippen molar-refractivity contribution in [3.63, 3.8) is 0 Å². The molecular formula is C15H15F3N2. The molecule has 0 radical (unpaired) electrons. The van der Waals surface area contributed by atoms with Crippen LogP contribution in [0.15, 0.2) is 36.4 Å². The Balaban J connectivity index is 2.43. The molecule has 106 valence electrons. The van der Waals surface area contributed by atoms with E-state index >= 15 is 0 Å². The van der Waals surface area contributed by atoms with Gasteiger partial charge in [0.15, 0.2) is 0 Å². The number of anilines is 3. The van der Waals surface area contributed by atoms with Crippen molar-refractivity contribution in [3.8, 4) is 0 Å². The number of aryl methyl sites for hydroxylation is 2. The van der Waals surface area contributed by atoms with Gasteiger partial charge in [-0.15, -0.1) is 0 Å². The summed E-state index contributed by atoms with van der Waals surface area (Å²) in [4.78, 5) is 0. The van der Waals surface area contributed by atoms with Gasteiger partial charge in [-0.3, -0.25) is 0 Å². The van der Waals surface area contributed by atoms with E-state index in [9.17, 15) is 13.2 Å². The Morgan fingerprint density at radius 1 is 0.950 bits per heavy atom. The second-order valence-corrected chi connectivity index (χ2v) is 4.80. The molecule has 2 rings (SSSR count). The zero-order chi connectivity index (χ0) is 14.9. The monoisotopic (exact) mass is 280 g/mol. The molecule has 0 heterocycles. The van der Waals surface area contributed by atoms with Gasteiger partial charge in [0, 0.05) is 11.4 Å². The van der Waals surface area contributed by atoms with E-state index in [0.717, 1.165) is 17.2 Å². The Hall–Kier alpha value is -2.17. The summed E-state index contributed by atoms with van der Waals surface area (Å²) < 4.78 is 39.0. The van der Waals surface area contributed by atoms with Crippen LogP contribution in [0, 0.1) is 13.8 Å². The third kappa shape index (κ3) is 3.23. The molecule has 0 aliphatic heterocycles. The SMILES string of the molecule is Cc1cc(C)cc(Nc2ccc(N)cc2C(F)(F)F)c1. The smallest absolute Gasteiger partial charge is 0.399 e. The van der Waals surface area contributed by atoms with Crippen LogP contribution in [0.3, 0.4) is 0 Å². The molecule has 0 atom stereocenters. The normalized spacial score (nSPS) is 11.4. The van der Waals surface area contributed by atoms with Gasteiger partial charge in [-0.05, 0) is 55.3 Å². The molecule has 0 aliphatic carbocycles. The Morgan fingerprint density at radius 2 is 1.55 bits per heavy atom. The molecule has 0 spiro atoms. The van der Waals surface area contributed by atoms with E-state index in [1.165, 1.54) is 12.1 Å². The Bertz CT molecular complexity index is 613. The average molecular weight is 280 g/mol. The molecule has 0 saturated carbocycles. The van der Waals surface area contributed by atoms with Gasteiger partial charge in [-0.2, -0.15) is 13.2 Å². The lowest BCUT2D eigenvalue weighted by molar-refractivity contribution is -0.136. The predicted octanol–water partition coefficient (Wildman–Crippen LogP) is 4.65. The van der Waals surface area contributed by atoms with Gasteiger partial charge in [0.1, 0.15) is 0 Å². The summed E-state index contributed by atoms with van der Waals surface area (Å²) in [5.41, 5.74) is 7.34. The van der Waals surface area contributed by atoms with Crippen LogP contribution in [0.1, 0.15) is 16.7 Å². The maximum Gasteiger partial charge on any atom is 0.418 e. The Kier molecular flexibility index (Phi) is 3.61. The summed E-state index contributed by atoms with van der Waals surface area (Å²) in [5.74, 6) is 0. The van der Waals surface area contributed by atoms with Gasteiger partial charge < -0.3 is 11.1 Å². The van der Waals surface area contributed by atoms with Crippen molar-refractivity contribution in [3.05, 3.63) is 53.1 Å². The molecule has 0 saturated heterocycles. The first-order valence-corrected chi connectivity index (χ1v) is 6.08. The number of hydrogen-bond acceptors (Lipinski definition) is 2. The van der Waals surface area contributed by atoms with Crippen molar-refractivity contribution >= 4 is 17.1 Å². The summed E-state index contributed by atoms with van der Waals surface area (Å²) in [6, 6.07) is 9.27. The second-order valence-electron chi connectivity index (χ2n) is 4.80. The molecule has 0 aromatic heterocycles. The number of nitrogen functional groups attached to an aromatic ring is 1. The minimum absolute atomic E-state index is 0.00306. The van der Waals surface area contributed by atoms with E-state index in [4.69, 9.17) is 5.73 Å². The van der Waals surface area contributed by atoms with Crippen LogP contribution >= 0.6 is 0 Å². The molecule has 5 heteroatoms. The number of halogens is 3. The average Bonchev–Trinajstić information content (AvgIpc) is 2.28. The van der Waals surface area contributed by atoms with Crippen LogP contribution < -0.4 is 11.1 Å². The Morgan fingerprint density at radius 3 is 2.10 bits per heavy atom. The molecule has 0 fully saturated rings. The van der Waals surface area contributed by atoms with Crippen molar-refractivity contribution < 1.29 is 13.2 Å². The summed E-state index contributed by atoms with van der Waals surface area (Å²) in [5, 5.41) is 2.81. The van der Waals surface area contributed by atoms with Crippen LogP contribution in [0.4, 0.5) is 30.2 Å².